The van der Waals surface area contributed by atoms with Gasteiger partial charge in [0.1, 0.15) is 5.75 Å². The highest BCUT2D eigenvalue weighted by Gasteiger charge is 2.28. The molecule has 106 valence electrons. The highest BCUT2D eigenvalue weighted by Crippen LogP contribution is 2.39. The van der Waals surface area contributed by atoms with Crippen LogP contribution in [0, 0.1) is 6.92 Å². The molecule has 0 aliphatic rings. The predicted octanol–water partition coefficient (Wildman–Crippen LogP) is 3.49. The Balaban J connectivity index is 2.62. The van der Waals surface area contributed by atoms with Crippen LogP contribution in [-0.2, 0) is 5.41 Å². The highest BCUT2D eigenvalue weighted by molar-refractivity contribution is 5.62. The van der Waals surface area contributed by atoms with E-state index in [2.05, 4.69) is 26.8 Å². The van der Waals surface area contributed by atoms with E-state index in [0.29, 0.717) is 0 Å². The van der Waals surface area contributed by atoms with Crippen molar-refractivity contribution in [1.82, 2.24) is 0 Å². The van der Waals surface area contributed by atoms with Crippen LogP contribution in [0.2, 0.25) is 0 Å². The maximum atomic E-state index is 6.16. The fourth-order valence-corrected chi connectivity index (χ4v) is 2.56. The molecule has 2 aromatic carbocycles. The van der Waals surface area contributed by atoms with E-state index in [1.165, 1.54) is 5.56 Å². The molecule has 0 heterocycles. The summed E-state index contributed by atoms with van der Waals surface area (Å²) in [6.45, 7) is 6.32. The normalized spacial score (nSPS) is 11.4. The van der Waals surface area contributed by atoms with Gasteiger partial charge < -0.3 is 16.2 Å². The Morgan fingerprint density at radius 2 is 1.45 bits per heavy atom. The lowest BCUT2D eigenvalue weighted by Gasteiger charge is -2.29. The van der Waals surface area contributed by atoms with Gasteiger partial charge in [0, 0.05) is 16.8 Å². The minimum Gasteiger partial charge on any atom is -0.497 e. The lowest BCUT2D eigenvalue weighted by atomic mass is 9.76. The molecule has 3 nitrogen and oxygen atoms in total. The zero-order valence-electron chi connectivity index (χ0n) is 12.5. The zero-order valence-corrected chi connectivity index (χ0v) is 12.5. The van der Waals surface area contributed by atoms with Gasteiger partial charge in [0.2, 0.25) is 0 Å². The zero-order chi connectivity index (χ0) is 14.9. The van der Waals surface area contributed by atoms with Crippen LogP contribution in [0.15, 0.2) is 36.4 Å². The molecule has 0 aliphatic carbocycles. The lowest BCUT2D eigenvalue weighted by molar-refractivity contribution is 0.413. The van der Waals surface area contributed by atoms with Crippen LogP contribution in [0.3, 0.4) is 0 Å². The minimum absolute atomic E-state index is 0.283. The molecule has 0 unspecified atom stereocenters. The number of anilines is 2. The smallest absolute Gasteiger partial charge is 0.119 e. The van der Waals surface area contributed by atoms with Crippen molar-refractivity contribution in [3.8, 4) is 5.75 Å². The van der Waals surface area contributed by atoms with Gasteiger partial charge in [0.05, 0.1) is 7.11 Å². The molecule has 4 N–H and O–H groups in total. The Kier molecular flexibility index (Phi) is 3.62. The summed E-state index contributed by atoms with van der Waals surface area (Å²) in [5.74, 6) is 0.800. The van der Waals surface area contributed by atoms with E-state index in [-0.39, 0.29) is 5.41 Å². The molecule has 2 aromatic rings. The molecule has 0 bridgehead atoms. The molecule has 0 radical (unpaired) electrons. The summed E-state index contributed by atoms with van der Waals surface area (Å²) in [7, 11) is 1.66. The summed E-state index contributed by atoms with van der Waals surface area (Å²) in [5.41, 5.74) is 16.9. The molecule has 0 saturated heterocycles. The van der Waals surface area contributed by atoms with Crippen LogP contribution in [0.1, 0.15) is 30.5 Å². The van der Waals surface area contributed by atoms with Crippen LogP contribution in [0.25, 0.3) is 0 Å². The predicted molar refractivity (Wildman–Crippen MR) is 85.1 cm³/mol. The number of methoxy groups -OCH3 is 1. The molecule has 20 heavy (non-hydrogen) atoms. The van der Waals surface area contributed by atoms with Crippen LogP contribution >= 0.6 is 0 Å². The van der Waals surface area contributed by atoms with Crippen molar-refractivity contribution in [2.75, 3.05) is 18.6 Å². The number of ether oxygens (including phenoxy) is 1. The van der Waals surface area contributed by atoms with Crippen molar-refractivity contribution in [2.45, 2.75) is 26.2 Å². The SMILES string of the molecule is COc1ccc(N)c(C(C)(C)c2cc(C)ccc2N)c1. The third-order valence-electron chi connectivity index (χ3n) is 3.82. The molecule has 0 amide bonds. The molecule has 0 aromatic heterocycles. The standard InChI is InChI=1S/C17H22N2O/c1-11-5-7-15(18)13(9-11)17(2,3)14-10-12(20-4)6-8-16(14)19/h5-10H,18-19H2,1-4H3. The number of benzene rings is 2. The summed E-state index contributed by atoms with van der Waals surface area (Å²) < 4.78 is 5.31. The van der Waals surface area contributed by atoms with Gasteiger partial charge in [-0.1, -0.05) is 31.5 Å². The summed E-state index contributed by atoms with van der Waals surface area (Å²) in [6, 6.07) is 11.8. The van der Waals surface area contributed by atoms with Gasteiger partial charge in [-0.2, -0.15) is 0 Å². The largest absolute Gasteiger partial charge is 0.497 e. The van der Waals surface area contributed by atoms with Crippen LogP contribution in [0.4, 0.5) is 11.4 Å². The van der Waals surface area contributed by atoms with Gasteiger partial charge in [0.15, 0.2) is 0 Å². The average molecular weight is 270 g/mol. The topological polar surface area (TPSA) is 61.3 Å². The number of aryl methyl sites for hydroxylation is 1. The van der Waals surface area contributed by atoms with Crippen molar-refractivity contribution in [1.29, 1.82) is 0 Å². The maximum absolute atomic E-state index is 6.16. The van der Waals surface area contributed by atoms with E-state index in [0.717, 1.165) is 28.3 Å². The molecule has 0 saturated carbocycles. The van der Waals surface area contributed by atoms with Gasteiger partial charge in [0.25, 0.3) is 0 Å². The first kappa shape index (κ1) is 14.3. The van der Waals surface area contributed by atoms with Gasteiger partial charge in [-0.05, 0) is 42.3 Å². The molecule has 3 heteroatoms. The van der Waals surface area contributed by atoms with Crippen molar-refractivity contribution in [2.24, 2.45) is 0 Å². The first-order valence-electron chi connectivity index (χ1n) is 6.67. The summed E-state index contributed by atoms with van der Waals surface area (Å²) in [4.78, 5) is 0. The maximum Gasteiger partial charge on any atom is 0.119 e. The number of hydrogen-bond acceptors (Lipinski definition) is 3. The fraction of sp³-hybridized carbons (Fsp3) is 0.294. The van der Waals surface area contributed by atoms with Crippen molar-refractivity contribution >= 4 is 11.4 Å². The summed E-state index contributed by atoms with van der Waals surface area (Å²) >= 11 is 0. The Bertz CT molecular complexity index is 633. The molecular weight excluding hydrogens is 248 g/mol. The van der Waals surface area contributed by atoms with Crippen LogP contribution in [-0.4, -0.2) is 7.11 Å². The molecular formula is C17H22N2O. The first-order chi connectivity index (χ1) is 9.36. The quantitative estimate of drug-likeness (QED) is 0.839. The van der Waals surface area contributed by atoms with Crippen molar-refractivity contribution in [3.63, 3.8) is 0 Å². The first-order valence-corrected chi connectivity index (χ1v) is 6.67. The third-order valence-corrected chi connectivity index (χ3v) is 3.82. The van der Waals surface area contributed by atoms with E-state index in [1.807, 2.05) is 30.3 Å². The summed E-state index contributed by atoms with van der Waals surface area (Å²) in [6.07, 6.45) is 0. The third kappa shape index (κ3) is 2.44. The molecule has 0 atom stereocenters. The number of nitrogen functional groups attached to an aromatic ring is 2. The second-order valence-electron chi connectivity index (χ2n) is 5.67. The van der Waals surface area contributed by atoms with Gasteiger partial charge in [-0.3, -0.25) is 0 Å². The van der Waals surface area contributed by atoms with Gasteiger partial charge in [-0.15, -0.1) is 0 Å². The number of rotatable bonds is 3. The Hall–Kier alpha value is -2.16. The molecule has 0 spiro atoms. The van der Waals surface area contributed by atoms with E-state index < -0.39 is 0 Å². The number of hydrogen-bond donors (Lipinski definition) is 2. The van der Waals surface area contributed by atoms with Crippen molar-refractivity contribution < 1.29 is 4.74 Å². The molecule has 0 aliphatic heterocycles. The summed E-state index contributed by atoms with van der Waals surface area (Å²) in [5, 5.41) is 0. The van der Waals surface area contributed by atoms with Gasteiger partial charge >= 0.3 is 0 Å². The van der Waals surface area contributed by atoms with Crippen LogP contribution < -0.4 is 16.2 Å². The number of nitrogens with two attached hydrogens (primary N) is 2. The Labute approximate surface area is 120 Å². The van der Waals surface area contributed by atoms with E-state index in [4.69, 9.17) is 16.2 Å². The second-order valence-corrected chi connectivity index (χ2v) is 5.67. The van der Waals surface area contributed by atoms with Gasteiger partial charge in [-0.25, -0.2) is 0 Å². The second kappa shape index (κ2) is 5.08. The highest BCUT2D eigenvalue weighted by atomic mass is 16.5. The average Bonchev–Trinajstić information content (AvgIpc) is 2.41. The minimum atomic E-state index is -0.283. The van der Waals surface area contributed by atoms with Crippen molar-refractivity contribution in [3.05, 3.63) is 53.1 Å². The molecule has 2 rings (SSSR count). The van der Waals surface area contributed by atoms with E-state index in [1.54, 1.807) is 7.11 Å². The van der Waals surface area contributed by atoms with E-state index in [9.17, 15) is 0 Å². The van der Waals surface area contributed by atoms with E-state index >= 15 is 0 Å². The lowest BCUT2D eigenvalue weighted by Crippen LogP contribution is -2.22. The molecule has 0 fully saturated rings. The van der Waals surface area contributed by atoms with Crippen LogP contribution in [0.5, 0.6) is 5.75 Å². The Morgan fingerprint density at radius 3 is 2.05 bits per heavy atom. The fourth-order valence-electron chi connectivity index (χ4n) is 2.56. The Morgan fingerprint density at radius 1 is 0.900 bits per heavy atom. The monoisotopic (exact) mass is 270 g/mol.